The van der Waals surface area contributed by atoms with E-state index in [2.05, 4.69) is 17.0 Å². The molecule has 2 aromatic rings. The summed E-state index contributed by atoms with van der Waals surface area (Å²) in [6.07, 6.45) is 2.22. The highest BCUT2D eigenvalue weighted by atomic mass is 16.5. The minimum absolute atomic E-state index is 0.279. The van der Waals surface area contributed by atoms with E-state index >= 15 is 0 Å². The number of likely N-dealkylation sites (tertiary alicyclic amines) is 1. The minimum atomic E-state index is 0.279. The third-order valence-corrected chi connectivity index (χ3v) is 4.67. The van der Waals surface area contributed by atoms with Crippen molar-refractivity contribution in [1.29, 1.82) is 5.26 Å². The van der Waals surface area contributed by atoms with Gasteiger partial charge in [-0.1, -0.05) is 18.2 Å². The lowest BCUT2D eigenvalue weighted by molar-refractivity contribution is 0.242. The van der Waals surface area contributed by atoms with E-state index in [-0.39, 0.29) is 6.04 Å². The van der Waals surface area contributed by atoms with Gasteiger partial charge in [-0.25, -0.2) is 0 Å². The predicted molar refractivity (Wildman–Crippen MR) is 93.1 cm³/mol. The molecule has 124 valence electrons. The Morgan fingerprint density at radius 2 is 2.00 bits per heavy atom. The van der Waals surface area contributed by atoms with E-state index in [9.17, 15) is 5.26 Å². The van der Waals surface area contributed by atoms with Crippen molar-refractivity contribution in [1.82, 2.24) is 4.90 Å². The Balaban J connectivity index is 1.90. The molecule has 0 saturated carbocycles. The second-order valence-corrected chi connectivity index (χ2v) is 6.01. The zero-order valence-electron chi connectivity index (χ0n) is 14.2. The largest absolute Gasteiger partial charge is 0.497 e. The zero-order valence-corrected chi connectivity index (χ0v) is 14.2. The van der Waals surface area contributed by atoms with Crippen LogP contribution in [0.4, 0.5) is 0 Å². The van der Waals surface area contributed by atoms with Crippen molar-refractivity contribution in [2.75, 3.05) is 20.8 Å². The highest BCUT2D eigenvalue weighted by Gasteiger charge is 2.29. The summed E-state index contributed by atoms with van der Waals surface area (Å²) in [5.74, 6) is 1.73. The van der Waals surface area contributed by atoms with Crippen molar-refractivity contribution < 1.29 is 9.47 Å². The minimum Gasteiger partial charge on any atom is -0.497 e. The van der Waals surface area contributed by atoms with E-state index in [0.717, 1.165) is 54.1 Å². The van der Waals surface area contributed by atoms with Crippen molar-refractivity contribution in [2.24, 2.45) is 0 Å². The van der Waals surface area contributed by atoms with Crippen molar-refractivity contribution in [2.45, 2.75) is 25.4 Å². The number of methoxy groups -OCH3 is 2. The summed E-state index contributed by atoms with van der Waals surface area (Å²) in [6, 6.07) is 16.4. The first-order valence-electron chi connectivity index (χ1n) is 8.20. The fraction of sp³-hybridized carbons (Fsp3) is 0.350. The highest BCUT2D eigenvalue weighted by Crippen LogP contribution is 2.39. The maximum atomic E-state index is 9.32. The van der Waals surface area contributed by atoms with Gasteiger partial charge in [-0.05, 0) is 49.2 Å². The molecule has 0 aromatic heterocycles. The molecule has 1 fully saturated rings. The van der Waals surface area contributed by atoms with Gasteiger partial charge in [0.05, 0.1) is 25.9 Å². The van der Waals surface area contributed by atoms with E-state index in [1.54, 1.807) is 14.2 Å². The second kappa shape index (κ2) is 7.37. The Bertz CT molecular complexity index is 752. The monoisotopic (exact) mass is 322 g/mol. The summed E-state index contributed by atoms with van der Waals surface area (Å²) in [6.45, 7) is 1.79. The SMILES string of the molecule is COc1ccc(OC)c([C@@H]2CCCN2Cc2ccccc2C#N)c1. The number of hydrogen-bond donors (Lipinski definition) is 0. The molecule has 1 saturated heterocycles. The molecule has 0 N–H and O–H groups in total. The van der Waals surface area contributed by atoms with Crippen LogP contribution in [-0.2, 0) is 6.54 Å². The van der Waals surface area contributed by atoms with Crippen molar-refractivity contribution in [3.8, 4) is 17.6 Å². The first kappa shape index (κ1) is 16.4. The zero-order chi connectivity index (χ0) is 16.9. The van der Waals surface area contributed by atoms with Gasteiger partial charge >= 0.3 is 0 Å². The molecule has 1 atom stereocenters. The molecule has 24 heavy (non-hydrogen) atoms. The van der Waals surface area contributed by atoms with E-state index in [1.807, 2.05) is 36.4 Å². The molecule has 4 heteroatoms. The maximum absolute atomic E-state index is 9.32. The first-order chi connectivity index (χ1) is 11.8. The fourth-order valence-corrected chi connectivity index (χ4v) is 3.45. The van der Waals surface area contributed by atoms with Gasteiger partial charge in [0, 0.05) is 18.2 Å². The average molecular weight is 322 g/mol. The summed E-state index contributed by atoms with van der Waals surface area (Å²) in [4.78, 5) is 2.42. The van der Waals surface area contributed by atoms with Gasteiger partial charge in [0.15, 0.2) is 0 Å². The summed E-state index contributed by atoms with van der Waals surface area (Å²) in [7, 11) is 3.39. The van der Waals surface area contributed by atoms with E-state index in [4.69, 9.17) is 9.47 Å². The van der Waals surface area contributed by atoms with E-state index in [1.165, 1.54) is 0 Å². The number of ether oxygens (including phenoxy) is 2. The van der Waals surface area contributed by atoms with E-state index < -0.39 is 0 Å². The van der Waals surface area contributed by atoms with Crippen LogP contribution in [0.3, 0.4) is 0 Å². The lowest BCUT2D eigenvalue weighted by atomic mass is 10.0. The molecule has 0 aliphatic carbocycles. The Morgan fingerprint density at radius 3 is 2.75 bits per heavy atom. The summed E-state index contributed by atoms with van der Waals surface area (Å²) in [5, 5.41) is 9.32. The van der Waals surface area contributed by atoms with Crippen LogP contribution in [0.5, 0.6) is 11.5 Å². The third kappa shape index (κ3) is 3.22. The van der Waals surface area contributed by atoms with Crippen LogP contribution in [0, 0.1) is 11.3 Å². The van der Waals surface area contributed by atoms with Crippen LogP contribution in [-0.4, -0.2) is 25.7 Å². The number of hydrogen-bond acceptors (Lipinski definition) is 4. The Morgan fingerprint density at radius 1 is 1.17 bits per heavy atom. The average Bonchev–Trinajstić information content (AvgIpc) is 3.09. The summed E-state index contributed by atoms with van der Waals surface area (Å²) >= 11 is 0. The van der Waals surface area contributed by atoms with Crippen LogP contribution in [0.15, 0.2) is 42.5 Å². The van der Waals surface area contributed by atoms with E-state index in [0.29, 0.717) is 0 Å². The van der Waals surface area contributed by atoms with Crippen molar-refractivity contribution >= 4 is 0 Å². The molecule has 1 aliphatic rings. The molecule has 4 nitrogen and oxygen atoms in total. The standard InChI is InChI=1S/C20H22N2O2/c1-23-17-9-10-20(24-2)18(12-17)19-8-5-11-22(19)14-16-7-4-3-6-15(16)13-21/h3-4,6-7,9-10,12,19H,5,8,11,14H2,1-2H3/t19-/m0/s1. The molecule has 1 aliphatic heterocycles. The number of nitriles is 1. The van der Waals surface area contributed by atoms with Crippen molar-refractivity contribution in [3.63, 3.8) is 0 Å². The lowest BCUT2D eigenvalue weighted by Crippen LogP contribution is -2.23. The van der Waals surface area contributed by atoms with Crippen LogP contribution >= 0.6 is 0 Å². The molecule has 3 rings (SSSR count). The third-order valence-electron chi connectivity index (χ3n) is 4.67. The van der Waals surface area contributed by atoms with Crippen molar-refractivity contribution in [3.05, 3.63) is 59.2 Å². The van der Waals surface area contributed by atoms with Gasteiger partial charge in [-0.2, -0.15) is 5.26 Å². The second-order valence-electron chi connectivity index (χ2n) is 6.01. The predicted octanol–water partition coefficient (Wildman–Crippen LogP) is 3.91. The van der Waals surface area contributed by atoms with Gasteiger partial charge in [-0.3, -0.25) is 4.90 Å². The normalized spacial score (nSPS) is 17.5. The first-order valence-corrected chi connectivity index (χ1v) is 8.20. The number of nitrogens with zero attached hydrogens (tertiary/aromatic N) is 2. The van der Waals surface area contributed by atoms with Gasteiger partial charge in [0.2, 0.25) is 0 Å². The molecule has 0 unspecified atom stereocenters. The smallest absolute Gasteiger partial charge is 0.123 e. The van der Waals surface area contributed by atoms with Gasteiger partial charge in [0.25, 0.3) is 0 Å². The molecule has 0 radical (unpaired) electrons. The van der Waals surface area contributed by atoms with Gasteiger partial charge < -0.3 is 9.47 Å². The Hall–Kier alpha value is -2.51. The Labute approximate surface area is 143 Å². The van der Waals surface area contributed by atoms with Gasteiger partial charge in [-0.15, -0.1) is 0 Å². The molecule has 0 bridgehead atoms. The lowest BCUT2D eigenvalue weighted by Gasteiger charge is -2.27. The number of benzene rings is 2. The number of rotatable bonds is 5. The molecular weight excluding hydrogens is 300 g/mol. The highest BCUT2D eigenvalue weighted by molar-refractivity contribution is 5.43. The maximum Gasteiger partial charge on any atom is 0.123 e. The van der Waals surface area contributed by atoms with Gasteiger partial charge in [0.1, 0.15) is 11.5 Å². The summed E-state index contributed by atoms with van der Waals surface area (Å²) < 4.78 is 11.0. The van der Waals surface area contributed by atoms with Crippen LogP contribution in [0.2, 0.25) is 0 Å². The molecule has 0 spiro atoms. The topological polar surface area (TPSA) is 45.5 Å². The van der Waals surface area contributed by atoms with Crippen LogP contribution in [0.1, 0.15) is 35.6 Å². The fourth-order valence-electron chi connectivity index (χ4n) is 3.45. The molecule has 2 aromatic carbocycles. The molecule has 1 heterocycles. The van der Waals surface area contributed by atoms with Crippen LogP contribution < -0.4 is 9.47 Å². The molecular formula is C20H22N2O2. The Kier molecular flexibility index (Phi) is 5.02. The van der Waals surface area contributed by atoms with Crippen LogP contribution in [0.25, 0.3) is 0 Å². The quantitative estimate of drug-likeness (QED) is 0.837. The summed E-state index contributed by atoms with van der Waals surface area (Å²) in [5.41, 5.74) is 2.98. The molecule has 0 amide bonds.